The Morgan fingerprint density at radius 3 is 2.00 bits per heavy atom. The molecule has 0 aliphatic rings. The number of carbonyl (C=O) groups excluding carboxylic acids is 1. The molecule has 0 aliphatic heterocycles. The summed E-state index contributed by atoms with van der Waals surface area (Å²) in [6, 6.07) is 0. The maximum absolute atomic E-state index is 10.5. The Balaban J connectivity index is 3.11. The van der Waals surface area contributed by atoms with Crippen LogP contribution in [0.4, 0.5) is 0 Å². The van der Waals surface area contributed by atoms with E-state index in [0.29, 0.717) is 6.61 Å². The molecule has 2 nitrogen and oxygen atoms in total. The molecule has 116 valence electrons. The highest BCUT2D eigenvalue weighted by atomic mass is 16.5. The van der Waals surface area contributed by atoms with Gasteiger partial charge in [0, 0.05) is 6.92 Å². The van der Waals surface area contributed by atoms with E-state index in [-0.39, 0.29) is 5.97 Å². The molecule has 0 radical (unpaired) electrons. The Bertz CT molecular complexity index is 267. The normalized spacial score (nSPS) is 11.5. The van der Waals surface area contributed by atoms with Gasteiger partial charge in [-0.1, -0.05) is 69.8 Å². The van der Waals surface area contributed by atoms with Crippen molar-refractivity contribution < 1.29 is 9.53 Å². The zero-order valence-corrected chi connectivity index (χ0v) is 13.4. The highest BCUT2D eigenvalue weighted by molar-refractivity contribution is 5.65. The molecule has 20 heavy (non-hydrogen) atoms. The monoisotopic (exact) mass is 280 g/mol. The molecule has 0 aromatic carbocycles. The fourth-order valence-corrected chi connectivity index (χ4v) is 1.98. The topological polar surface area (TPSA) is 26.3 Å². The largest absolute Gasteiger partial charge is 0.466 e. The van der Waals surface area contributed by atoms with Gasteiger partial charge in [0.25, 0.3) is 0 Å². The summed E-state index contributed by atoms with van der Waals surface area (Å²) in [5, 5.41) is 0. The Kier molecular flexibility index (Phi) is 15.2. The second-order valence-electron chi connectivity index (χ2n) is 5.25. The van der Waals surface area contributed by atoms with Crippen LogP contribution in [0.3, 0.4) is 0 Å². The van der Waals surface area contributed by atoms with Crippen molar-refractivity contribution in [3.05, 3.63) is 24.3 Å². The number of allylic oxidation sites excluding steroid dienone is 4. The van der Waals surface area contributed by atoms with Crippen molar-refractivity contribution in [2.24, 2.45) is 0 Å². The third-order valence-corrected chi connectivity index (χ3v) is 3.16. The number of hydrogen-bond donors (Lipinski definition) is 0. The van der Waals surface area contributed by atoms with Crippen LogP contribution in [0.25, 0.3) is 0 Å². The van der Waals surface area contributed by atoms with Crippen LogP contribution in [-0.4, -0.2) is 12.6 Å². The average molecular weight is 280 g/mol. The number of unbranched alkanes of at least 4 members (excludes halogenated alkanes) is 8. The van der Waals surface area contributed by atoms with E-state index in [2.05, 4.69) is 31.2 Å². The zero-order chi connectivity index (χ0) is 14.9. The maximum atomic E-state index is 10.5. The number of rotatable bonds is 13. The SMILES string of the molecule is CCC/C=C/C=C\CCCCCCCCCOC(C)=O. The summed E-state index contributed by atoms with van der Waals surface area (Å²) in [6.07, 6.45) is 21.1. The van der Waals surface area contributed by atoms with Crippen molar-refractivity contribution >= 4 is 5.97 Å². The molecular formula is C18H32O2. The molecule has 0 bridgehead atoms. The van der Waals surface area contributed by atoms with E-state index in [1.165, 1.54) is 64.7 Å². The molecule has 0 aromatic rings. The summed E-state index contributed by atoms with van der Waals surface area (Å²) >= 11 is 0. The van der Waals surface area contributed by atoms with Crippen LogP contribution in [0.2, 0.25) is 0 Å². The van der Waals surface area contributed by atoms with Crippen molar-refractivity contribution in [1.82, 2.24) is 0 Å². The lowest BCUT2D eigenvalue weighted by molar-refractivity contribution is -0.141. The summed E-state index contributed by atoms with van der Waals surface area (Å²) in [5.74, 6) is -0.164. The van der Waals surface area contributed by atoms with E-state index in [0.717, 1.165) is 6.42 Å². The number of esters is 1. The zero-order valence-electron chi connectivity index (χ0n) is 13.4. The molecule has 0 saturated carbocycles. The smallest absolute Gasteiger partial charge is 0.302 e. The van der Waals surface area contributed by atoms with Gasteiger partial charge in [0.2, 0.25) is 0 Å². The van der Waals surface area contributed by atoms with Crippen LogP contribution in [0.15, 0.2) is 24.3 Å². The van der Waals surface area contributed by atoms with Crippen molar-refractivity contribution in [2.75, 3.05) is 6.61 Å². The Labute approximate surface area is 125 Å². The molecule has 0 aromatic heterocycles. The molecule has 0 rings (SSSR count). The lowest BCUT2D eigenvalue weighted by atomic mass is 10.1. The van der Waals surface area contributed by atoms with Crippen molar-refractivity contribution in [3.8, 4) is 0 Å². The van der Waals surface area contributed by atoms with Gasteiger partial charge in [-0.15, -0.1) is 0 Å². The average Bonchev–Trinajstić information content (AvgIpc) is 2.43. The summed E-state index contributed by atoms with van der Waals surface area (Å²) in [6.45, 7) is 4.25. The minimum Gasteiger partial charge on any atom is -0.466 e. The van der Waals surface area contributed by atoms with Gasteiger partial charge in [-0.2, -0.15) is 0 Å². The molecule has 0 atom stereocenters. The third-order valence-electron chi connectivity index (χ3n) is 3.16. The summed E-state index contributed by atoms with van der Waals surface area (Å²) in [7, 11) is 0. The lowest BCUT2D eigenvalue weighted by Crippen LogP contribution is -1.99. The highest BCUT2D eigenvalue weighted by Crippen LogP contribution is 2.09. The van der Waals surface area contributed by atoms with Crippen molar-refractivity contribution in [3.63, 3.8) is 0 Å². The predicted molar refractivity (Wildman–Crippen MR) is 86.8 cm³/mol. The van der Waals surface area contributed by atoms with Crippen LogP contribution in [0.1, 0.15) is 78.1 Å². The Hall–Kier alpha value is -1.05. The number of hydrogen-bond acceptors (Lipinski definition) is 2. The first-order valence-corrected chi connectivity index (χ1v) is 8.22. The number of carbonyl (C=O) groups is 1. The number of ether oxygens (including phenoxy) is 1. The van der Waals surface area contributed by atoms with E-state index in [4.69, 9.17) is 4.74 Å². The van der Waals surface area contributed by atoms with E-state index in [9.17, 15) is 4.79 Å². The van der Waals surface area contributed by atoms with E-state index in [1.807, 2.05) is 0 Å². The molecule has 0 N–H and O–H groups in total. The minimum absolute atomic E-state index is 0.164. The first-order chi connectivity index (χ1) is 9.77. The van der Waals surface area contributed by atoms with E-state index < -0.39 is 0 Å². The van der Waals surface area contributed by atoms with Gasteiger partial charge in [-0.05, 0) is 25.7 Å². The molecule has 0 amide bonds. The summed E-state index contributed by atoms with van der Waals surface area (Å²) in [5.41, 5.74) is 0. The van der Waals surface area contributed by atoms with Crippen LogP contribution in [-0.2, 0) is 9.53 Å². The summed E-state index contributed by atoms with van der Waals surface area (Å²) < 4.78 is 4.90. The van der Waals surface area contributed by atoms with Gasteiger partial charge in [-0.3, -0.25) is 4.79 Å². The first-order valence-electron chi connectivity index (χ1n) is 8.22. The third kappa shape index (κ3) is 16.9. The Morgan fingerprint density at radius 1 is 0.850 bits per heavy atom. The molecule has 0 saturated heterocycles. The second-order valence-corrected chi connectivity index (χ2v) is 5.25. The molecule has 2 heteroatoms. The fraction of sp³-hybridized carbons (Fsp3) is 0.722. The Morgan fingerprint density at radius 2 is 1.40 bits per heavy atom. The van der Waals surface area contributed by atoms with Gasteiger partial charge in [-0.25, -0.2) is 0 Å². The first kappa shape index (κ1) is 18.9. The summed E-state index contributed by atoms with van der Waals surface area (Å²) in [4.78, 5) is 10.5. The molecule has 0 spiro atoms. The molecular weight excluding hydrogens is 248 g/mol. The van der Waals surface area contributed by atoms with Crippen LogP contribution >= 0.6 is 0 Å². The maximum Gasteiger partial charge on any atom is 0.302 e. The van der Waals surface area contributed by atoms with Crippen LogP contribution in [0, 0.1) is 0 Å². The second kappa shape index (κ2) is 16.0. The van der Waals surface area contributed by atoms with Gasteiger partial charge >= 0.3 is 5.97 Å². The highest BCUT2D eigenvalue weighted by Gasteiger charge is 1.94. The van der Waals surface area contributed by atoms with Gasteiger partial charge in [0.1, 0.15) is 0 Å². The van der Waals surface area contributed by atoms with Crippen LogP contribution < -0.4 is 0 Å². The molecule has 0 fully saturated rings. The van der Waals surface area contributed by atoms with E-state index in [1.54, 1.807) is 0 Å². The standard InChI is InChI=1S/C18H32O2/c1-3-4-5-6-7-8-9-10-11-12-13-14-15-16-17-20-18(2)19/h5-8H,3-4,9-17H2,1-2H3/b6-5+,8-7-. The minimum atomic E-state index is -0.164. The van der Waals surface area contributed by atoms with Crippen LogP contribution in [0.5, 0.6) is 0 Å². The molecule has 0 unspecified atom stereocenters. The fourth-order valence-electron chi connectivity index (χ4n) is 1.98. The quantitative estimate of drug-likeness (QED) is 0.250. The van der Waals surface area contributed by atoms with Crippen molar-refractivity contribution in [1.29, 1.82) is 0 Å². The molecule has 0 heterocycles. The predicted octanol–water partition coefficient (Wildman–Crippen LogP) is 5.58. The van der Waals surface area contributed by atoms with Gasteiger partial charge in [0.15, 0.2) is 0 Å². The molecule has 0 aliphatic carbocycles. The van der Waals surface area contributed by atoms with E-state index >= 15 is 0 Å². The van der Waals surface area contributed by atoms with Gasteiger partial charge < -0.3 is 4.74 Å². The van der Waals surface area contributed by atoms with Crippen molar-refractivity contribution in [2.45, 2.75) is 78.1 Å². The van der Waals surface area contributed by atoms with Gasteiger partial charge in [0.05, 0.1) is 6.61 Å². The lowest BCUT2D eigenvalue weighted by Gasteiger charge is -2.02.